The van der Waals surface area contributed by atoms with Crippen molar-refractivity contribution in [2.45, 2.75) is 39.7 Å². The van der Waals surface area contributed by atoms with E-state index in [9.17, 15) is 4.79 Å². The lowest BCUT2D eigenvalue weighted by Gasteiger charge is -2.12. The van der Waals surface area contributed by atoms with Gasteiger partial charge in [0.1, 0.15) is 5.82 Å². The molecule has 0 spiro atoms. The Morgan fingerprint density at radius 1 is 1.29 bits per heavy atom. The molecule has 0 radical (unpaired) electrons. The first kappa shape index (κ1) is 15.3. The molecule has 0 aliphatic carbocycles. The summed E-state index contributed by atoms with van der Waals surface area (Å²) in [4.78, 5) is 12.0. The van der Waals surface area contributed by atoms with E-state index < -0.39 is 0 Å². The monoisotopic (exact) mass is 285 g/mol. The summed E-state index contributed by atoms with van der Waals surface area (Å²) in [5.74, 6) is 1.24. The maximum Gasteiger partial charge on any atom is 0.225 e. The molecule has 0 aliphatic rings. The Bertz CT molecular complexity index is 562. The van der Waals surface area contributed by atoms with Gasteiger partial charge in [0.15, 0.2) is 0 Å². The number of hydrogen-bond donors (Lipinski definition) is 1. The third-order valence-electron chi connectivity index (χ3n) is 3.47. The first-order chi connectivity index (χ1) is 10.2. The summed E-state index contributed by atoms with van der Waals surface area (Å²) in [5.41, 5.74) is 1.16. The SMILES string of the molecule is CCCC(C)CC(=O)Nc1ccnn1Cc1ccccc1. The minimum Gasteiger partial charge on any atom is -0.311 e. The van der Waals surface area contributed by atoms with E-state index >= 15 is 0 Å². The van der Waals surface area contributed by atoms with Crippen molar-refractivity contribution in [1.82, 2.24) is 9.78 Å². The summed E-state index contributed by atoms with van der Waals surface area (Å²) in [6.45, 7) is 4.92. The molecule has 2 aromatic rings. The van der Waals surface area contributed by atoms with Crippen molar-refractivity contribution in [2.75, 3.05) is 5.32 Å². The van der Waals surface area contributed by atoms with Crippen LogP contribution in [0.25, 0.3) is 0 Å². The third-order valence-corrected chi connectivity index (χ3v) is 3.47. The van der Waals surface area contributed by atoms with Gasteiger partial charge in [-0.1, -0.05) is 57.0 Å². The molecule has 4 nitrogen and oxygen atoms in total. The predicted octanol–water partition coefficient (Wildman–Crippen LogP) is 3.70. The normalized spacial score (nSPS) is 12.1. The Labute approximate surface area is 126 Å². The van der Waals surface area contributed by atoms with Gasteiger partial charge in [-0.2, -0.15) is 5.10 Å². The Balaban J connectivity index is 1.95. The molecule has 1 amide bonds. The van der Waals surface area contributed by atoms with Crippen LogP contribution in [0.15, 0.2) is 42.6 Å². The smallest absolute Gasteiger partial charge is 0.225 e. The van der Waals surface area contributed by atoms with Gasteiger partial charge in [-0.15, -0.1) is 0 Å². The summed E-state index contributed by atoms with van der Waals surface area (Å²) >= 11 is 0. The van der Waals surface area contributed by atoms with Gasteiger partial charge < -0.3 is 5.32 Å². The number of carbonyl (C=O) groups is 1. The van der Waals surface area contributed by atoms with E-state index in [-0.39, 0.29) is 5.91 Å². The predicted molar refractivity (Wildman–Crippen MR) is 85.1 cm³/mol. The maximum atomic E-state index is 12.0. The maximum absolute atomic E-state index is 12.0. The summed E-state index contributed by atoms with van der Waals surface area (Å²) in [6.07, 6.45) is 4.47. The Hall–Kier alpha value is -2.10. The van der Waals surface area contributed by atoms with E-state index in [0.29, 0.717) is 18.9 Å². The molecule has 2 rings (SSSR count). The summed E-state index contributed by atoms with van der Waals surface area (Å²) in [5, 5.41) is 7.24. The molecule has 4 heteroatoms. The number of benzene rings is 1. The summed E-state index contributed by atoms with van der Waals surface area (Å²) in [6, 6.07) is 11.9. The molecule has 0 aliphatic heterocycles. The average Bonchev–Trinajstić information content (AvgIpc) is 2.87. The molecule has 112 valence electrons. The quantitative estimate of drug-likeness (QED) is 0.843. The van der Waals surface area contributed by atoms with Gasteiger partial charge in [-0.05, 0) is 11.5 Å². The van der Waals surface area contributed by atoms with E-state index in [4.69, 9.17) is 0 Å². The lowest BCUT2D eigenvalue weighted by Crippen LogP contribution is -2.18. The van der Waals surface area contributed by atoms with E-state index in [1.54, 1.807) is 6.20 Å². The summed E-state index contributed by atoms with van der Waals surface area (Å²) in [7, 11) is 0. The van der Waals surface area contributed by atoms with E-state index in [1.807, 2.05) is 28.9 Å². The molecule has 0 saturated heterocycles. The molecule has 0 fully saturated rings. The average molecular weight is 285 g/mol. The zero-order chi connectivity index (χ0) is 15.1. The molecule has 1 atom stereocenters. The zero-order valence-electron chi connectivity index (χ0n) is 12.7. The number of anilines is 1. The number of nitrogens with one attached hydrogen (secondary N) is 1. The van der Waals surface area contributed by atoms with Crippen LogP contribution in [0.4, 0.5) is 5.82 Å². The van der Waals surface area contributed by atoms with Gasteiger partial charge in [0.2, 0.25) is 5.91 Å². The van der Waals surface area contributed by atoms with Crippen molar-refractivity contribution in [3.05, 3.63) is 48.2 Å². The van der Waals surface area contributed by atoms with Gasteiger partial charge >= 0.3 is 0 Å². The van der Waals surface area contributed by atoms with Crippen LogP contribution in [0.2, 0.25) is 0 Å². The molecule has 0 saturated carbocycles. The molecular formula is C17H23N3O. The highest BCUT2D eigenvalue weighted by Gasteiger charge is 2.11. The molecule has 21 heavy (non-hydrogen) atoms. The Morgan fingerprint density at radius 2 is 2.05 bits per heavy atom. The third kappa shape index (κ3) is 4.74. The fraction of sp³-hybridized carbons (Fsp3) is 0.412. The number of amides is 1. The van der Waals surface area contributed by atoms with E-state index in [2.05, 4.69) is 36.4 Å². The van der Waals surface area contributed by atoms with Gasteiger partial charge in [0.25, 0.3) is 0 Å². The number of aromatic nitrogens is 2. The van der Waals surface area contributed by atoms with Crippen LogP contribution >= 0.6 is 0 Å². The van der Waals surface area contributed by atoms with Crippen LogP contribution < -0.4 is 5.32 Å². The minimum atomic E-state index is 0.0609. The van der Waals surface area contributed by atoms with Crippen LogP contribution in [0.1, 0.15) is 38.7 Å². The van der Waals surface area contributed by atoms with Crippen molar-refractivity contribution in [3.8, 4) is 0 Å². The highest BCUT2D eigenvalue weighted by molar-refractivity contribution is 5.89. The number of rotatable bonds is 7. The Kier molecular flexibility index (Phi) is 5.55. The van der Waals surface area contributed by atoms with Gasteiger partial charge in [-0.25, -0.2) is 4.68 Å². The van der Waals surface area contributed by atoms with E-state index in [1.165, 1.54) is 0 Å². The molecule has 0 bridgehead atoms. The number of carbonyl (C=O) groups excluding carboxylic acids is 1. The van der Waals surface area contributed by atoms with Gasteiger partial charge in [0, 0.05) is 12.5 Å². The largest absolute Gasteiger partial charge is 0.311 e. The first-order valence-electron chi connectivity index (χ1n) is 7.54. The molecular weight excluding hydrogens is 262 g/mol. The lowest BCUT2D eigenvalue weighted by molar-refractivity contribution is -0.117. The standard InChI is InChI=1S/C17H23N3O/c1-3-7-14(2)12-17(21)19-16-10-11-18-20(16)13-15-8-5-4-6-9-15/h4-6,8-11,14H,3,7,12-13H2,1-2H3,(H,19,21). The topological polar surface area (TPSA) is 46.9 Å². The second kappa shape index (κ2) is 7.62. The van der Waals surface area contributed by atoms with Crippen LogP contribution in [0.3, 0.4) is 0 Å². The second-order valence-electron chi connectivity index (χ2n) is 5.51. The molecule has 1 unspecified atom stereocenters. The fourth-order valence-electron chi connectivity index (χ4n) is 2.43. The number of hydrogen-bond acceptors (Lipinski definition) is 2. The molecule has 1 heterocycles. The highest BCUT2D eigenvalue weighted by atomic mass is 16.1. The van der Waals surface area contributed by atoms with Crippen molar-refractivity contribution in [3.63, 3.8) is 0 Å². The summed E-state index contributed by atoms with van der Waals surface area (Å²) < 4.78 is 1.82. The van der Waals surface area contributed by atoms with Crippen molar-refractivity contribution in [2.24, 2.45) is 5.92 Å². The Morgan fingerprint density at radius 3 is 2.76 bits per heavy atom. The minimum absolute atomic E-state index is 0.0609. The molecule has 1 N–H and O–H groups in total. The van der Waals surface area contributed by atoms with Gasteiger partial charge in [-0.3, -0.25) is 4.79 Å². The van der Waals surface area contributed by atoms with Gasteiger partial charge in [0.05, 0.1) is 12.7 Å². The van der Waals surface area contributed by atoms with Crippen LogP contribution in [-0.4, -0.2) is 15.7 Å². The van der Waals surface area contributed by atoms with Crippen LogP contribution in [0, 0.1) is 5.92 Å². The molecule has 1 aromatic heterocycles. The van der Waals surface area contributed by atoms with E-state index in [0.717, 1.165) is 24.2 Å². The van der Waals surface area contributed by atoms with Crippen LogP contribution in [0.5, 0.6) is 0 Å². The first-order valence-corrected chi connectivity index (χ1v) is 7.54. The molecule has 1 aromatic carbocycles. The zero-order valence-corrected chi connectivity index (χ0v) is 12.7. The lowest BCUT2D eigenvalue weighted by atomic mass is 10.0. The second-order valence-corrected chi connectivity index (χ2v) is 5.51. The fourth-order valence-corrected chi connectivity index (χ4v) is 2.43. The van der Waals surface area contributed by atoms with Crippen LogP contribution in [-0.2, 0) is 11.3 Å². The highest BCUT2D eigenvalue weighted by Crippen LogP contribution is 2.14. The van der Waals surface area contributed by atoms with Crippen molar-refractivity contribution < 1.29 is 4.79 Å². The van der Waals surface area contributed by atoms with Crippen molar-refractivity contribution in [1.29, 1.82) is 0 Å². The number of nitrogens with zero attached hydrogens (tertiary/aromatic N) is 2. The van der Waals surface area contributed by atoms with Crippen molar-refractivity contribution >= 4 is 11.7 Å².